The highest BCUT2D eigenvalue weighted by atomic mass is 32.2. The summed E-state index contributed by atoms with van der Waals surface area (Å²) in [6.07, 6.45) is 1.72. The van der Waals surface area contributed by atoms with E-state index in [-0.39, 0.29) is 17.2 Å². The molecular weight excluding hydrogens is 462 g/mol. The number of anilines is 3. The Bertz CT molecular complexity index is 1390. The highest BCUT2D eigenvalue weighted by Crippen LogP contribution is 2.31. The highest BCUT2D eigenvalue weighted by Gasteiger charge is 2.27. The Morgan fingerprint density at radius 2 is 1.37 bits per heavy atom. The van der Waals surface area contributed by atoms with E-state index < -0.39 is 10.0 Å². The first-order valence-electron chi connectivity index (χ1n) is 11.4. The fourth-order valence-corrected chi connectivity index (χ4v) is 5.03. The summed E-state index contributed by atoms with van der Waals surface area (Å²) in [5.74, 6) is -0.618. The van der Waals surface area contributed by atoms with Gasteiger partial charge in [-0.3, -0.25) is 13.9 Å². The molecule has 0 saturated heterocycles. The van der Waals surface area contributed by atoms with E-state index in [0.29, 0.717) is 41.2 Å². The number of sulfonamides is 1. The largest absolute Gasteiger partial charge is 0.320 e. The van der Waals surface area contributed by atoms with Crippen LogP contribution in [0.2, 0.25) is 0 Å². The summed E-state index contributed by atoms with van der Waals surface area (Å²) in [6.45, 7) is 6.71. The Morgan fingerprint density at radius 3 is 1.91 bits per heavy atom. The van der Waals surface area contributed by atoms with Crippen molar-refractivity contribution in [3.63, 3.8) is 0 Å². The molecule has 0 unspecified atom stereocenters. The van der Waals surface area contributed by atoms with E-state index in [1.165, 1.54) is 10.6 Å². The van der Waals surface area contributed by atoms with E-state index in [9.17, 15) is 18.0 Å². The fourth-order valence-electron chi connectivity index (χ4n) is 4.07. The second kappa shape index (κ2) is 9.19. The van der Waals surface area contributed by atoms with Gasteiger partial charge in [0, 0.05) is 17.7 Å². The van der Waals surface area contributed by atoms with Crippen LogP contribution in [0.4, 0.5) is 17.1 Å². The van der Waals surface area contributed by atoms with E-state index in [1.54, 1.807) is 54.6 Å². The fraction of sp³-hybridized carbons (Fsp3) is 0.259. The molecule has 0 fully saturated rings. The van der Waals surface area contributed by atoms with Crippen LogP contribution in [0.5, 0.6) is 0 Å². The molecule has 0 spiro atoms. The number of hydrogen-bond acceptors (Lipinski definition) is 4. The van der Waals surface area contributed by atoms with E-state index in [1.807, 2.05) is 12.1 Å². The monoisotopic (exact) mass is 491 g/mol. The molecule has 8 heteroatoms. The van der Waals surface area contributed by atoms with Crippen LogP contribution in [0.3, 0.4) is 0 Å². The third-order valence-electron chi connectivity index (χ3n) is 6.03. The molecule has 4 rings (SSSR count). The van der Waals surface area contributed by atoms with Crippen molar-refractivity contribution in [1.29, 1.82) is 0 Å². The zero-order valence-corrected chi connectivity index (χ0v) is 21.1. The zero-order chi connectivity index (χ0) is 25.4. The average molecular weight is 492 g/mol. The first-order valence-corrected chi connectivity index (χ1v) is 13.2. The number of benzene rings is 3. The molecule has 3 aromatic rings. The third kappa shape index (κ3) is 5.38. The zero-order valence-electron chi connectivity index (χ0n) is 20.3. The van der Waals surface area contributed by atoms with Gasteiger partial charge < -0.3 is 10.6 Å². The van der Waals surface area contributed by atoms with Gasteiger partial charge in [-0.25, -0.2) is 8.42 Å². The molecule has 1 heterocycles. The number of carbonyl (C=O) groups excluding carboxylic acids is 2. The minimum atomic E-state index is -3.36. The van der Waals surface area contributed by atoms with Gasteiger partial charge >= 0.3 is 0 Å². The van der Waals surface area contributed by atoms with Crippen LogP contribution in [-0.2, 0) is 21.9 Å². The number of amides is 2. The van der Waals surface area contributed by atoms with E-state index in [4.69, 9.17) is 0 Å². The number of rotatable bonds is 5. The molecule has 0 saturated carbocycles. The molecule has 2 amide bonds. The van der Waals surface area contributed by atoms with Gasteiger partial charge in [0.25, 0.3) is 11.8 Å². The number of para-hydroxylation sites is 2. The van der Waals surface area contributed by atoms with Gasteiger partial charge in [-0.15, -0.1) is 0 Å². The standard InChI is InChI=1S/C27H29N3O4S/c1-27(2,3)21-12-9-18(10-13-21)25(31)28-22-7-5-6-8-23(22)29-26(32)20-11-14-24-19(17-20)15-16-30(24)35(4,33)34/h5-14,17H,15-16H2,1-4H3,(H,28,31)(H,29,32). The molecule has 0 bridgehead atoms. The van der Waals surface area contributed by atoms with Crippen LogP contribution >= 0.6 is 0 Å². The van der Waals surface area contributed by atoms with Gasteiger partial charge in [-0.2, -0.15) is 0 Å². The van der Waals surface area contributed by atoms with Gasteiger partial charge in [0.15, 0.2) is 0 Å². The minimum Gasteiger partial charge on any atom is -0.320 e. The first kappa shape index (κ1) is 24.5. The molecule has 7 nitrogen and oxygen atoms in total. The summed E-state index contributed by atoms with van der Waals surface area (Å²) in [6, 6.07) is 19.5. The van der Waals surface area contributed by atoms with E-state index >= 15 is 0 Å². The van der Waals surface area contributed by atoms with Crippen molar-refractivity contribution in [2.45, 2.75) is 32.6 Å². The predicted molar refractivity (Wildman–Crippen MR) is 140 cm³/mol. The number of fused-ring (bicyclic) bond motifs is 1. The van der Waals surface area contributed by atoms with Gasteiger partial charge in [0.2, 0.25) is 10.0 Å². The molecule has 182 valence electrons. The molecule has 0 aromatic heterocycles. The highest BCUT2D eigenvalue weighted by molar-refractivity contribution is 7.92. The maximum Gasteiger partial charge on any atom is 0.255 e. The second-order valence-electron chi connectivity index (χ2n) is 9.71. The molecular formula is C27H29N3O4S. The summed E-state index contributed by atoms with van der Waals surface area (Å²) >= 11 is 0. The van der Waals surface area contributed by atoms with E-state index in [0.717, 1.165) is 11.1 Å². The molecule has 0 radical (unpaired) electrons. The summed E-state index contributed by atoms with van der Waals surface area (Å²) in [4.78, 5) is 25.8. The van der Waals surface area contributed by atoms with E-state index in [2.05, 4.69) is 31.4 Å². The molecule has 0 aliphatic carbocycles. The number of carbonyl (C=O) groups is 2. The summed E-state index contributed by atoms with van der Waals surface area (Å²) in [7, 11) is -3.36. The Balaban J connectivity index is 1.50. The quantitative estimate of drug-likeness (QED) is 0.535. The van der Waals surface area contributed by atoms with Crippen molar-refractivity contribution in [1.82, 2.24) is 0 Å². The van der Waals surface area contributed by atoms with Crippen LogP contribution in [-0.4, -0.2) is 33.0 Å². The van der Waals surface area contributed by atoms with Crippen LogP contribution in [0.1, 0.15) is 52.6 Å². The van der Waals surface area contributed by atoms with Crippen LogP contribution in [0.15, 0.2) is 66.7 Å². The molecule has 3 aromatic carbocycles. The van der Waals surface area contributed by atoms with Gasteiger partial charge in [-0.1, -0.05) is 45.0 Å². The Morgan fingerprint density at radius 1 is 0.829 bits per heavy atom. The Labute approximate surface area is 206 Å². The second-order valence-corrected chi connectivity index (χ2v) is 11.6. The lowest BCUT2D eigenvalue weighted by Gasteiger charge is -2.19. The van der Waals surface area contributed by atoms with Gasteiger partial charge in [0.05, 0.1) is 23.3 Å². The lowest BCUT2D eigenvalue weighted by atomic mass is 9.87. The van der Waals surface area contributed by atoms with Crippen molar-refractivity contribution in [2.75, 3.05) is 27.7 Å². The smallest absolute Gasteiger partial charge is 0.255 e. The summed E-state index contributed by atoms with van der Waals surface area (Å²) in [5, 5.41) is 5.74. The normalized spacial score (nSPS) is 13.3. The maximum atomic E-state index is 13.0. The van der Waals surface area contributed by atoms with Crippen molar-refractivity contribution in [3.05, 3.63) is 89.0 Å². The lowest BCUT2D eigenvalue weighted by molar-refractivity contribution is 0.101. The molecule has 35 heavy (non-hydrogen) atoms. The number of hydrogen-bond donors (Lipinski definition) is 2. The summed E-state index contributed by atoms with van der Waals surface area (Å²) < 4.78 is 25.3. The third-order valence-corrected chi connectivity index (χ3v) is 7.21. The number of nitrogens with one attached hydrogen (secondary N) is 2. The predicted octanol–water partition coefficient (Wildman–Crippen LogP) is 4.81. The molecule has 0 atom stereocenters. The van der Waals surface area contributed by atoms with Crippen molar-refractivity contribution in [2.24, 2.45) is 0 Å². The van der Waals surface area contributed by atoms with Crippen molar-refractivity contribution in [3.8, 4) is 0 Å². The van der Waals surface area contributed by atoms with Crippen LogP contribution in [0, 0.1) is 0 Å². The van der Waals surface area contributed by atoms with Gasteiger partial charge in [-0.05, 0) is 65.4 Å². The molecule has 2 N–H and O–H groups in total. The lowest BCUT2D eigenvalue weighted by Crippen LogP contribution is -2.27. The van der Waals surface area contributed by atoms with Gasteiger partial charge in [0.1, 0.15) is 0 Å². The first-order chi connectivity index (χ1) is 16.4. The number of nitrogens with zero attached hydrogens (tertiary/aromatic N) is 1. The average Bonchev–Trinajstić information content (AvgIpc) is 3.24. The molecule has 1 aliphatic heterocycles. The maximum absolute atomic E-state index is 13.0. The Kier molecular flexibility index (Phi) is 6.42. The van der Waals surface area contributed by atoms with Crippen molar-refractivity contribution < 1.29 is 18.0 Å². The summed E-state index contributed by atoms with van der Waals surface area (Å²) in [5.41, 5.74) is 4.43. The van der Waals surface area contributed by atoms with Crippen LogP contribution in [0.25, 0.3) is 0 Å². The Hall–Kier alpha value is -3.65. The van der Waals surface area contributed by atoms with Crippen molar-refractivity contribution >= 4 is 38.9 Å². The minimum absolute atomic E-state index is 0.00741. The SMILES string of the molecule is CC(C)(C)c1ccc(C(=O)Nc2ccccc2NC(=O)c2ccc3c(c2)CCN3S(C)(=O)=O)cc1. The van der Waals surface area contributed by atoms with Crippen LogP contribution < -0.4 is 14.9 Å². The molecule has 1 aliphatic rings. The topological polar surface area (TPSA) is 95.6 Å².